The first-order chi connectivity index (χ1) is 18.7. The largest absolute Gasteiger partial charge is 0.325 e. The number of sulfone groups is 1. The third-order valence-corrected chi connectivity index (χ3v) is 11.2. The van der Waals surface area contributed by atoms with Gasteiger partial charge in [0.05, 0.1) is 10.4 Å². The Morgan fingerprint density at radius 2 is 1.59 bits per heavy atom. The maximum absolute atomic E-state index is 15.4. The van der Waals surface area contributed by atoms with Crippen LogP contribution in [0.15, 0.2) is 41.3 Å². The molecule has 2 unspecified atom stereocenters. The lowest BCUT2D eigenvalue weighted by Gasteiger charge is -2.45. The average Bonchev–Trinajstić information content (AvgIpc) is 3.63. The summed E-state index contributed by atoms with van der Waals surface area (Å²) in [5.74, 6) is 1.73. The number of fused-ring (bicyclic) bond motifs is 3. The molecule has 8 heteroatoms. The van der Waals surface area contributed by atoms with E-state index in [4.69, 9.17) is 4.98 Å². The van der Waals surface area contributed by atoms with Crippen LogP contribution >= 0.6 is 0 Å². The molecule has 6 nitrogen and oxygen atoms in total. The van der Waals surface area contributed by atoms with Crippen molar-refractivity contribution >= 4 is 20.9 Å². The fraction of sp³-hybridized carbons (Fsp3) is 0.581. The van der Waals surface area contributed by atoms with Crippen LogP contribution in [0.4, 0.5) is 4.39 Å². The highest BCUT2D eigenvalue weighted by atomic mass is 32.2. The number of likely N-dealkylation sites (tertiary alicyclic amines) is 1. The van der Waals surface area contributed by atoms with Crippen molar-refractivity contribution in [1.82, 2.24) is 19.4 Å². The van der Waals surface area contributed by atoms with Gasteiger partial charge in [-0.15, -0.1) is 0 Å². The Labute approximate surface area is 231 Å². The lowest BCUT2D eigenvalue weighted by molar-refractivity contribution is 0.0438. The summed E-state index contributed by atoms with van der Waals surface area (Å²) in [7, 11) is -1.45. The van der Waals surface area contributed by atoms with Gasteiger partial charge in [-0.05, 0) is 118 Å². The first kappa shape index (κ1) is 25.7. The van der Waals surface area contributed by atoms with E-state index in [0.717, 1.165) is 55.1 Å². The molecule has 208 valence electrons. The van der Waals surface area contributed by atoms with E-state index in [-0.39, 0.29) is 10.7 Å². The lowest BCUT2D eigenvalue weighted by atomic mass is 9.86. The highest BCUT2D eigenvalue weighted by Crippen LogP contribution is 2.42. The van der Waals surface area contributed by atoms with Crippen molar-refractivity contribution in [2.45, 2.75) is 80.3 Å². The third kappa shape index (κ3) is 4.82. The predicted octanol–water partition coefficient (Wildman–Crippen LogP) is 5.37. The van der Waals surface area contributed by atoms with Gasteiger partial charge in [-0.3, -0.25) is 4.90 Å². The Balaban J connectivity index is 1.05. The normalized spacial score (nSPS) is 27.0. The molecule has 4 heterocycles. The van der Waals surface area contributed by atoms with Gasteiger partial charge in [-0.1, -0.05) is 0 Å². The van der Waals surface area contributed by atoms with Crippen LogP contribution < -0.4 is 0 Å². The topological polar surface area (TPSA) is 58.4 Å². The number of halogens is 1. The lowest BCUT2D eigenvalue weighted by Crippen LogP contribution is -2.52. The van der Waals surface area contributed by atoms with Gasteiger partial charge in [0.1, 0.15) is 17.2 Å². The van der Waals surface area contributed by atoms with E-state index in [9.17, 15) is 8.42 Å². The van der Waals surface area contributed by atoms with E-state index in [2.05, 4.69) is 15.9 Å². The summed E-state index contributed by atoms with van der Waals surface area (Å²) in [5, 5.41) is 0. The maximum Gasteiger partial charge on any atom is 0.175 e. The van der Waals surface area contributed by atoms with Crippen molar-refractivity contribution in [3.05, 3.63) is 47.8 Å². The van der Waals surface area contributed by atoms with Gasteiger partial charge in [0.2, 0.25) is 0 Å². The Bertz CT molecular complexity index is 1480. The predicted molar refractivity (Wildman–Crippen MR) is 152 cm³/mol. The van der Waals surface area contributed by atoms with Crippen LogP contribution in [0.5, 0.6) is 0 Å². The van der Waals surface area contributed by atoms with Crippen molar-refractivity contribution in [2.75, 3.05) is 25.9 Å². The zero-order chi connectivity index (χ0) is 26.9. The molecule has 2 bridgehead atoms. The Morgan fingerprint density at radius 1 is 0.923 bits per heavy atom. The van der Waals surface area contributed by atoms with E-state index in [0.29, 0.717) is 28.8 Å². The Hall–Kier alpha value is -2.29. The van der Waals surface area contributed by atoms with Gasteiger partial charge < -0.3 is 9.47 Å². The van der Waals surface area contributed by atoms with Gasteiger partial charge >= 0.3 is 0 Å². The second-order valence-electron chi connectivity index (χ2n) is 12.6. The molecule has 39 heavy (non-hydrogen) atoms. The Kier molecular flexibility index (Phi) is 6.36. The molecule has 3 saturated heterocycles. The molecule has 7 rings (SSSR count). The molecular weight excluding hydrogens is 511 g/mol. The molecule has 2 atom stereocenters. The standard InChI is InChI=1S/C31H39FN4O2S/c1-34-30-28(32)15-23(16-29(30)33-31(34)22-5-9-27(10-6-22)39(2,37)38)21-11-13-35(14-12-21)26-17-24-7-8-25(18-26)36(24)19-20-3-4-20/h5-6,9-10,15-16,20-21,24-26H,3-4,7-8,11-14,17-19H2,1-2H3. The average molecular weight is 551 g/mol. The summed E-state index contributed by atoms with van der Waals surface area (Å²) in [6.07, 6.45) is 11.6. The first-order valence-corrected chi connectivity index (χ1v) is 16.6. The molecule has 2 aromatic carbocycles. The zero-order valence-corrected chi connectivity index (χ0v) is 23.8. The van der Waals surface area contributed by atoms with E-state index in [1.165, 1.54) is 51.3 Å². The first-order valence-electron chi connectivity index (χ1n) is 14.7. The van der Waals surface area contributed by atoms with Crippen LogP contribution in [-0.4, -0.2) is 71.8 Å². The molecule has 0 radical (unpaired) electrons. The van der Waals surface area contributed by atoms with Gasteiger partial charge in [0.25, 0.3) is 0 Å². The number of rotatable bonds is 6. The second kappa shape index (κ2) is 9.67. The third-order valence-electron chi connectivity index (χ3n) is 10.0. The molecular formula is C31H39FN4O2S. The molecule has 1 saturated carbocycles. The summed E-state index contributed by atoms with van der Waals surface area (Å²) >= 11 is 0. The van der Waals surface area contributed by atoms with Crippen molar-refractivity contribution < 1.29 is 12.8 Å². The number of hydrogen-bond donors (Lipinski definition) is 0. The summed E-state index contributed by atoms with van der Waals surface area (Å²) in [6, 6.07) is 12.8. The molecule has 0 N–H and O–H groups in total. The second-order valence-corrected chi connectivity index (χ2v) is 14.6. The van der Waals surface area contributed by atoms with Crippen LogP contribution in [0.2, 0.25) is 0 Å². The van der Waals surface area contributed by atoms with Crippen molar-refractivity contribution in [3.63, 3.8) is 0 Å². The van der Waals surface area contributed by atoms with E-state index in [1.807, 2.05) is 7.05 Å². The van der Waals surface area contributed by atoms with E-state index < -0.39 is 9.84 Å². The van der Waals surface area contributed by atoms with Gasteiger partial charge in [-0.25, -0.2) is 17.8 Å². The fourth-order valence-electron chi connectivity index (χ4n) is 7.70. The minimum Gasteiger partial charge on any atom is -0.325 e. The van der Waals surface area contributed by atoms with Crippen LogP contribution in [0.1, 0.15) is 62.8 Å². The summed E-state index contributed by atoms with van der Waals surface area (Å²) in [4.78, 5) is 10.7. The number of aryl methyl sites for hydroxylation is 1. The highest BCUT2D eigenvalue weighted by Gasteiger charge is 2.44. The number of aromatic nitrogens is 2. The minimum absolute atomic E-state index is 0.237. The molecule has 4 aliphatic rings. The van der Waals surface area contributed by atoms with Crippen molar-refractivity contribution in [2.24, 2.45) is 13.0 Å². The number of imidazole rings is 1. The van der Waals surface area contributed by atoms with Crippen LogP contribution in [-0.2, 0) is 16.9 Å². The highest BCUT2D eigenvalue weighted by molar-refractivity contribution is 7.90. The van der Waals surface area contributed by atoms with E-state index >= 15 is 4.39 Å². The molecule has 0 amide bonds. The van der Waals surface area contributed by atoms with Gasteiger partial charge in [-0.2, -0.15) is 0 Å². The van der Waals surface area contributed by atoms with E-state index in [1.54, 1.807) is 34.9 Å². The zero-order valence-electron chi connectivity index (χ0n) is 23.0. The van der Waals surface area contributed by atoms with Gasteiger partial charge in [0, 0.05) is 43.5 Å². The molecule has 1 aromatic heterocycles. The SMILES string of the molecule is Cn1c(-c2ccc(S(C)(=O)=O)cc2)nc2cc(C3CCN(C4CC5CCC(C4)N5CC4CC4)CC3)cc(F)c21. The quantitative estimate of drug-likeness (QED) is 0.413. The molecule has 4 fully saturated rings. The molecule has 3 aromatic rings. The fourth-order valence-corrected chi connectivity index (χ4v) is 8.33. The number of hydrogen-bond acceptors (Lipinski definition) is 5. The van der Waals surface area contributed by atoms with Crippen LogP contribution in [0.25, 0.3) is 22.4 Å². The van der Waals surface area contributed by atoms with Crippen LogP contribution in [0, 0.1) is 11.7 Å². The molecule has 0 spiro atoms. The van der Waals surface area contributed by atoms with Crippen LogP contribution in [0.3, 0.4) is 0 Å². The van der Waals surface area contributed by atoms with Crippen molar-refractivity contribution in [3.8, 4) is 11.4 Å². The maximum atomic E-state index is 15.4. The minimum atomic E-state index is -3.27. The summed E-state index contributed by atoms with van der Waals surface area (Å²) in [5.41, 5.74) is 2.98. The number of benzene rings is 2. The molecule has 3 aliphatic heterocycles. The summed E-state index contributed by atoms with van der Waals surface area (Å²) < 4.78 is 40.9. The summed E-state index contributed by atoms with van der Waals surface area (Å²) in [6.45, 7) is 3.54. The van der Waals surface area contributed by atoms with Gasteiger partial charge in [0.15, 0.2) is 9.84 Å². The molecule has 1 aliphatic carbocycles. The number of piperidine rings is 2. The monoisotopic (exact) mass is 550 g/mol. The van der Waals surface area contributed by atoms with Crippen molar-refractivity contribution in [1.29, 1.82) is 0 Å². The Morgan fingerprint density at radius 3 is 2.21 bits per heavy atom. The smallest absolute Gasteiger partial charge is 0.175 e. The number of nitrogens with zero attached hydrogens (tertiary/aromatic N) is 4.